The van der Waals surface area contributed by atoms with Crippen LogP contribution in [0.1, 0.15) is 45.1 Å². The Morgan fingerprint density at radius 2 is 1.85 bits per heavy atom. The maximum atomic E-state index is 13.0. The standard InChI is InChI=1S/C17H27FN2/c1-16(2)9-4-10-17(12-16,13-19)20(3)11-14-5-7-15(18)8-6-14/h5-8H,4,9-13,19H2,1-3H3. The summed E-state index contributed by atoms with van der Waals surface area (Å²) in [4.78, 5) is 2.38. The van der Waals surface area contributed by atoms with Crippen molar-refractivity contribution in [3.63, 3.8) is 0 Å². The Hall–Kier alpha value is -0.930. The number of nitrogens with zero attached hydrogens (tertiary/aromatic N) is 1. The lowest BCUT2D eigenvalue weighted by Crippen LogP contribution is -2.55. The zero-order valence-electron chi connectivity index (χ0n) is 13.0. The van der Waals surface area contributed by atoms with Gasteiger partial charge >= 0.3 is 0 Å². The van der Waals surface area contributed by atoms with Crippen LogP contribution in [-0.4, -0.2) is 24.0 Å². The molecule has 1 saturated carbocycles. The minimum absolute atomic E-state index is 0.0795. The molecule has 1 aliphatic rings. The third-order valence-corrected chi connectivity index (χ3v) is 4.83. The van der Waals surface area contributed by atoms with Crippen LogP contribution in [0.3, 0.4) is 0 Å². The Morgan fingerprint density at radius 3 is 2.40 bits per heavy atom. The van der Waals surface area contributed by atoms with Crippen molar-refractivity contribution in [2.75, 3.05) is 13.6 Å². The van der Waals surface area contributed by atoms with Crippen LogP contribution in [-0.2, 0) is 6.54 Å². The van der Waals surface area contributed by atoms with Gasteiger partial charge in [0.05, 0.1) is 0 Å². The molecule has 3 heteroatoms. The summed E-state index contributed by atoms with van der Waals surface area (Å²) in [7, 11) is 2.15. The molecule has 0 amide bonds. The summed E-state index contributed by atoms with van der Waals surface area (Å²) in [5.41, 5.74) is 7.72. The minimum Gasteiger partial charge on any atom is -0.329 e. The highest BCUT2D eigenvalue weighted by Gasteiger charge is 2.41. The van der Waals surface area contributed by atoms with E-state index in [9.17, 15) is 4.39 Å². The fraction of sp³-hybridized carbons (Fsp3) is 0.647. The van der Waals surface area contributed by atoms with E-state index in [1.165, 1.54) is 25.0 Å². The zero-order chi connectivity index (χ0) is 14.8. The van der Waals surface area contributed by atoms with Crippen LogP contribution in [0.4, 0.5) is 4.39 Å². The topological polar surface area (TPSA) is 29.3 Å². The van der Waals surface area contributed by atoms with Crippen molar-refractivity contribution in [2.45, 2.75) is 51.6 Å². The smallest absolute Gasteiger partial charge is 0.123 e. The average molecular weight is 278 g/mol. The summed E-state index contributed by atoms with van der Waals surface area (Å²) in [5.74, 6) is -0.177. The second kappa shape index (κ2) is 5.82. The largest absolute Gasteiger partial charge is 0.329 e. The first-order chi connectivity index (χ1) is 9.37. The van der Waals surface area contributed by atoms with Crippen LogP contribution < -0.4 is 5.73 Å². The summed E-state index contributed by atoms with van der Waals surface area (Å²) >= 11 is 0. The third kappa shape index (κ3) is 3.39. The summed E-state index contributed by atoms with van der Waals surface area (Å²) in [6, 6.07) is 6.79. The molecule has 0 heterocycles. The molecule has 1 atom stereocenters. The predicted molar refractivity (Wildman–Crippen MR) is 81.9 cm³/mol. The first-order valence-corrected chi connectivity index (χ1v) is 7.53. The SMILES string of the molecule is CN(Cc1ccc(F)cc1)C1(CN)CCCC(C)(C)C1. The summed E-state index contributed by atoms with van der Waals surface area (Å²) in [5, 5.41) is 0. The Kier molecular flexibility index (Phi) is 4.50. The predicted octanol–water partition coefficient (Wildman–Crippen LogP) is 3.56. The monoisotopic (exact) mass is 278 g/mol. The van der Waals surface area contributed by atoms with Gasteiger partial charge in [-0.25, -0.2) is 4.39 Å². The van der Waals surface area contributed by atoms with Crippen LogP contribution >= 0.6 is 0 Å². The Bertz CT molecular complexity index is 441. The van der Waals surface area contributed by atoms with Crippen molar-refractivity contribution in [1.82, 2.24) is 4.90 Å². The fourth-order valence-electron chi connectivity index (χ4n) is 3.65. The van der Waals surface area contributed by atoms with E-state index in [4.69, 9.17) is 5.73 Å². The first-order valence-electron chi connectivity index (χ1n) is 7.53. The number of halogens is 1. The number of nitrogens with two attached hydrogens (primary N) is 1. The first kappa shape index (κ1) is 15.5. The number of rotatable bonds is 4. The molecule has 0 saturated heterocycles. The van der Waals surface area contributed by atoms with E-state index in [0.29, 0.717) is 12.0 Å². The highest BCUT2D eigenvalue weighted by molar-refractivity contribution is 5.16. The number of likely N-dealkylation sites (N-methyl/N-ethyl adjacent to an activating group) is 1. The van der Waals surface area contributed by atoms with Crippen LogP contribution in [0, 0.1) is 11.2 Å². The summed E-state index contributed by atoms with van der Waals surface area (Å²) in [6.45, 7) is 6.19. The molecule has 112 valence electrons. The van der Waals surface area contributed by atoms with Crippen LogP contribution in [0.25, 0.3) is 0 Å². The molecule has 0 aliphatic heterocycles. The molecule has 1 aromatic carbocycles. The van der Waals surface area contributed by atoms with Gasteiger partial charge in [0.2, 0.25) is 0 Å². The highest BCUT2D eigenvalue weighted by atomic mass is 19.1. The van der Waals surface area contributed by atoms with E-state index in [1.54, 1.807) is 0 Å². The van der Waals surface area contributed by atoms with Crippen molar-refractivity contribution in [3.05, 3.63) is 35.6 Å². The van der Waals surface area contributed by atoms with Gasteiger partial charge in [-0.2, -0.15) is 0 Å². The maximum Gasteiger partial charge on any atom is 0.123 e. The lowest BCUT2D eigenvalue weighted by atomic mass is 9.67. The van der Waals surface area contributed by atoms with Crippen molar-refractivity contribution in [2.24, 2.45) is 11.1 Å². The molecule has 2 rings (SSSR count). The van der Waals surface area contributed by atoms with Gasteiger partial charge in [-0.05, 0) is 49.4 Å². The Labute approximate surface area is 122 Å². The van der Waals surface area contributed by atoms with Gasteiger partial charge in [0.15, 0.2) is 0 Å². The normalized spacial score (nSPS) is 25.9. The van der Waals surface area contributed by atoms with Gasteiger partial charge in [0.25, 0.3) is 0 Å². The molecule has 1 fully saturated rings. The second-order valence-corrected chi connectivity index (χ2v) is 7.11. The van der Waals surface area contributed by atoms with Crippen LogP contribution in [0.2, 0.25) is 0 Å². The molecule has 2 nitrogen and oxygen atoms in total. The lowest BCUT2D eigenvalue weighted by Gasteiger charge is -2.49. The van der Waals surface area contributed by atoms with Crippen molar-refractivity contribution >= 4 is 0 Å². The van der Waals surface area contributed by atoms with Crippen LogP contribution in [0.5, 0.6) is 0 Å². The molecule has 20 heavy (non-hydrogen) atoms. The third-order valence-electron chi connectivity index (χ3n) is 4.83. The quantitative estimate of drug-likeness (QED) is 0.912. The lowest BCUT2D eigenvalue weighted by molar-refractivity contribution is 0.0223. The molecule has 0 bridgehead atoms. The van der Waals surface area contributed by atoms with E-state index in [-0.39, 0.29) is 11.4 Å². The van der Waals surface area contributed by atoms with Gasteiger partial charge in [0.1, 0.15) is 5.82 Å². The minimum atomic E-state index is -0.177. The van der Waals surface area contributed by atoms with Crippen LogP contribution in [0.15, 0.2) is 24.3 Å². The molecule has 0 aromatic heterocycles. The molecule has 1 aliphatic carbocycles. The highest BCUT2D eigenvalue weighted by Crippen LogP contribution is 2.43. The van der Waals surface area contributed by atoms with E-state index >= 15 is 0 Å². The van der Waals surface area contributed by atoms with Crippen molar-refractivity contribution in [3.8, 4) is 0 Å². The number of benzene rings is 1. The van der Waals surface area contributed by atoms with Gasteiger partial charge in [-0.1, -0.05) is 32.4 Å². The summed E-state index contributed by atoms with van der Waals surface area (Å²) in [6.07, 6.45) is 4.80. The van der Waals surface area contributed by atoms with E-state index in [0.717, 1.165) is 24.9 Å². The van der Waals surface area contributed by atoms with Crippen molar-refractivity contribution < 1.29 is 4.39 Å². The summed E-state index contributed by atoms with van der Waals surface area (Å²) < 4.78 is 13.0. The second-order valence-electron chi connectivity index (χ2n) is 7.11. The molecule has 2 N–H and O–H groups in total. The Morgan fingerprint density at radius 1 is 1.20 bits per heavy atom. The van der Waals surface area contributed by atoms with Gasteiger partial charge in [-0.3, -0.25) is 4.90 Å². The molecule has 0 spiro atoms. The van der Waals surface area contributed by atoms with Gasteiger partial charge < -0.3 is 5.73 Å². The molecule has 0 radical (unpaired) electrons. The molecule has 1 unspecified atom stereocenters. The molecular weight excluding hydrogens is 251 g/mol. The fourth-order valence-corrected chi connectivity index (χ4v) is 3.65. The molecule has 1 aromatic rings. The van der Waals surface area contributed by atoms with Gasteiger partial charge in [-0.15, -0.1) is 0 Å². The Balaban J connectivity index is 2.12. The number of hydrogen-bond acceptors (Lipinski definition) is 2. The maximum absolute atomic E-state index is 13.0. The van der Waals surface area contributed by atoms with E-state index < -0.39 is 0 Å². The average Bonchev–Trinajstić information content (AvgIpc) is 2.40. The van der Waals surface area contributed by atoms with Gasteiger partial charge in [0, 0.05) is 18.6 Å². The van der Waals surface area contributed by atoms with Crippen molar-refractivity contribution in [1.29, 1.82) is 0 Å². The van der Waals surface area contributed by atoms with E-state index in [1.807, 2.05) is 12.1 Å². The zero-order valence-corrected chi connectivity index (χ0v) is 13.0. The molecular formula is C17H27FN2. The van der Waals surface area contributed by atoms with E-state index in [2.05, 4.69) is 25.8 Å². The number of hydrogen-bond donors (Lipinski definition) is 1.